The Labute approximate surface area is 140 Å². The topological polar surface area (TPSA) is 64.1 Å². The molecular formula is C19H17N3O2. The van der Waals surface area contributed by atoms with Crippen LogP contribution in [0.1, 0.15) is 16.1 Å². The lowest BCUT2D eigenvalue weighted by molar-refractivity contribution is 0.0949. The maximum atomic E-state index is 11.9. The van der Waals surface area contributed by atoms with Crippen molar-refractivity contribution in [1.29, 1.82) is 0 Å². The smallest absolute Gasteiger partial charge is 0.270 e. The third kappa shape index (κ3) is 4.39. The van der Waals surface area contributed by atoms with Gasteiger partial charge in [0.2, 0.25) is 0 Å². The van der Waals surface area contributed by atoms with Crippen molar-refractivity contribution in [2.75, 3.05) is 6.54 Å². The summed E-state index contributed by atoms with van der Waals surface area (Å²) >= 11 is 0. The Hall–Kier alpha value is -3.21. The number of rotatable bonds is 6. The van der Waals surface area contributed by atoms with Crippen LogP contribution in [0.25, 0.3) is 0 Å². The number of carbonyl (C=O) groups is 1. The molecule has 0 radical (unpaired) electrons. The van der Waals surface area contributed by atoms with Crippen LogP contribution < -0.4 is 10.1 Å². The third-order valence-electron chi connectivity index (χ3n) is 3.42. The maximum Gasteiger partial charge on any atom is 0.270 e. The molecule has 1 N–H and O–H groups in total. The zero-order valence-electron chi connectivity index (χ0n) is 13.1. The fourth-order valence-corrected chi connectivity index (χ4v) is 2.18. The zero-order chi connectivity index (χ0) is 16.6. The number of ether oxygens (including phenoxy) is 1. The van der Waals surface area contributed by atoms with Crippen molar-refractivity contribution < 1.29 is 9.53 Å². The summed E-state index contributed by atoms with van der Waals surface area (Å²) in [6.07, 6.45) is 3.65. The minimum absolute atomic E-state index is 0.193. The summed E-state index contributed by atoms with van der Waals surface area (Å²) in [5.74, 6) is 1.40. The molecule has 1 amide bonds. The lowest BCUT2D eigenvalue weighted by Gasteiger charge is -2.07. The van der Waals surface area contributed by atoms with Crippen LogP contribution in [0, 0.1) is 0 Å². The van der Waals surface area contributed by atoms with Gasteiger partial charge in [-0.05, 0) is 42.3 Å². The lowest BCUT2D eigenvalue weighted by Crippen LogP contribution is -2.26. The number of nitrogens with zero attached hydrogens (tertiary/aromatic N) is 2. The van der Waals surface area contributed by atoms with E-state index in [-0.39, 0.29) is 5.91 Å². The van der Waals surface area contributed by atoms with Gasteiger partial charge in [0.15, 0.2) is 0 Å². The summed E-state index contributed by atoms with van der Waals surface area (Å²) in [5, 5.41) is 2.84. The molecular weight excluding hydrogens is 302 g/mol. The number of hydrogen-bond acceptors (Lipinski definition) is 4. The van der Waals surface area contributed by atoms with E-state index < -0.39 is 0 Å². The van der Waals surface area contributed by atoms with Crippen molar-refractivity contribution in [2.24, 2.45) is 0 Å². The highest BCUT2D eigenvalue weighted by Gasteiger charge is 2.05. The molecule has 0 saturated heterocycles. The second kappa shape index (κ2) is 7.87. The fourth-order valence-electron chi connectivity index (χ4n) is 2.18. The van der Waals surface area contributed by atoms with Gasteiger partial charge in [-0.25, -0.2) is 9.97 Å². The normalized spacial score (nSPS) is 10.2. The van der Waals surface area contributed by atoms with Gasteiger partial charge in [0.05, 0.1) is 0 Å². The largest absolute Gasteiger partial charge is 0.457 e. The van der Waals surface area contributed by atoms with Gasteiger partial charge in [0, 0.05) is 12.7 Å². The molecule has 5 nitrogen and oxygen atoms in total. The SMILES string of the molecule is O=C(NCCc1ccc(Oc2ccccc2)cc1)c1ccncn1. The Morgan fingerprint density at radius 2 is 1.71 bits per heavy atom. The van der Waals surface area contributed by atoms with E-state index >= 15 is 0 Å². The summed E-state index contributed by atoms with van der Waals surface area (Å²) < 4.78 is 5.75. The number of para-hydroxylation sites is 1. The molecule has 0 saturated carbocycles. The van der Waals surface area contributed by atoms with Crippen LogP contribution >= 0.6 is 0 Å². The molecule has 24 heavy (non-hydrogen) atoms. The van der Waals surface area contributed by atoms with E-state index in [2.05, 4.69) is 15.3 Å². The predicted octanol–water partition coefficient (Wildman–Crippen LogP) is 3.24. The molecule has 1 heterocycles. The summed E-state index contributed by atoms with van der Waals surface area (Å²) in [6.45, 7) is 0.543. The first-order chi connectivity index (χ1) is 11.8. The van der Waals surface area contributed by atoms with Gasteiger partial charge in [-0.3, -0.25) is 4.79 Å². The Balaban J connectivity index is 1.49. The van der Waals surface area contributed by atoms with Gasteiger partial charge >= 0.3 is 0 Å². The quantitative estimate of drug-likeness (QED) is 0.757. The van der Waals surface area contributed by atoms with Crippen molar-refractivity contribution in [3.8, 4) is 11.5 Å². The first kappa shape index (κ1) is 15.7. The predicted molar refractivity (Wildman–Crippen MR) is 91.0 cm³/mol. The highest BCUT2D eigenvalue weighted by Crippen LogP contribution is 2.21. The van der Waals surface area contributed by atoms with Crippen LogP contribution in [0.5, 0.6) is 11.5 Å². The molecule has 0 aliphatic rings. The minimum atomic E-state index is -0.193. The molecule has 0 bridgehead atoms. The molecule has 5 heteroatoms. The second-order valence-corrected chi connectivity index (χ2v) is 5.16. The van der Waals surface area contributed by atoms with E-state index in [0.717, 1.165) is 23.5 Å². The van der Waals surface area contributed by atoms with Crippen molar-refractivity contribution in [1.82, 2.24) is 15.3 Å². The summed E-state index contributed by atoms with van der Waals surface area (Å²) in [7, 11) is 0. The van der Waals surface area contributed by atoms with E-state index in [1.54, 1.807) is 12.3 Å². The lowest BCUT2D eigenvalue weighted by atomic mass is 10.1. The second-order valence-electron chi connectivity index (χ2n) is 5.16. The first-order valence-corrected chi connectivity index (χ1v) is 7.67. The van der Waals surface area contributed by atoms with Gasteiger partial charge in [-0.2, -0.15) is 0 Å². The van der Waals surface area contributed by atoms with E-state index in [4.69, 9.17) is 4.74 Å². The molecule has 0 aliphatic heterocycles. The minimum Gasteiger partial charge on any atom is -0.457 e. The standard InChI is InChI=1S/C19H17N3O2/c23-19(18-11-12-20-14-22-18)21-13-10-15-6-8-17(9-7-15)24-16-4-2-1-3-5-16/h1-9,11-12,14H,10,13H2,(H,21,23). The van der Waals surface area contributed by atoms with Crippen molar-refractivity contribution >= 4 is 5.91 Å². The Bertz CT molecular complexity index is 775. The van der Waals surface area contributed by atoms with Crippen LogP contribution in [0.15, 0.2) is 73.2 Å². The zero-order valence-corrected chi connectivity index (χ0v) is 13.1. The molecule has 3 aromatic rings. The molecule has 0 atom stereocenters. The number of hydrogen-bond donors (Lipinski definition) is 1. The fraction of sp³-hybridized carbons (Fsp3) is 0.105. The summed E-state index contributed by atoms with van der Waals surface area (Å²) in [6, 6.07) is 19.1. The molecule has 120 valence electrons. The average molecular weight is 319 g/mol. The van der Waals surface area contributed by atoms with Crippen molar-refractivity contribution in [2.45, 2.75) is 6.42 Å². The van der Waals surface area contributed by atoms with Crippen molar-refractivity contribution in [3.63, 3.8) is 0 Å². The van der Waals surface area contributed by atoms with Crippen LogP contribution in [-0.4, -0.2) is 22.4 Å². The van der Waals surface area contributed by atoms with Crippen molar-refractivity contribution in [3.05, 3.63) is 84.4 Å². The van der Waals surface area contributed by atoms with Gasteiger partial charge in [0.1, 0.15) is 23.5 Å². The highest BCUT2D eigenvalue weighted by molar-refractivity contribution is 5.92. The number of amides is 1. The first-order valence-electron chi connectivity index (χ1n) is 7.67. The Morgan fingerprint density at radius 1 is 0.958 bits per heavy atom. The van der Waals surface area contributed by atoms with Crippen LogP contribution in [-0.2, 0) is 6.42 Å². The molecule has 1 aromatic heterocycles. The number of carbonyl (C=O) groups excluding carboxylic acids is 1. The molecule has 3 rings (SSSR count). The Kier molecular flexibility index (Phi) is 5.14. The molecule has 0 spiro atoms. The maximum absolute atomic E-state index is 11.9. The van der Waals surface area contributed by atoms with E-state index in [0.29, 0.717) is 12.2 Å². The summed E-state index contributed by atoms with van der Waals surface area (Å²) in [5.41, 5.74) is 1.50. The van der Waals surface area contributed by atoms with Crippen LogP contribution in [0.2, 0.25) is 0 Å². The van der Waals surface area contributed by atoms with E-state index in [1.807, 2.05) is 54.6 Å². The van der Waals surface area contributed by atoms with E-state index in [1.165, 1.54) is 6.33 Å². The Morgan fingerprint density at radius 3 is 2.42 bits per heavy atom. The van der Waals surface area contributed by atoms with Crippen LogP contribution in [0.4, 0.5) is 0 Å². The monoisotopic (exact) mass is 319 g/mol. The van der Waals surface area contributed by atoms with Gasteiger partial charge < -0.3 is 10.1 Å². The van der Waals surface area contributed by atoms with Crippen LogP contribution in [0.3, 0.4) is 0 Å². The number of benzene rings is 2. The molecule has 0 unspecified atom stereocenters. The van der Waals surface area contributed by atoms with E-state index in [9.17, 15) is 4.79 Å². The molecule has 0 aliphatic carbocycles. The average Bonchev–Trinajstić information content (AvgIpc) is 2.65. The van der Waals surface area contributed by atoms with Gasteiger partial charge in [-0.15, -0.1) is 0 Å². The summed E-state index contributed by atoms with van der Waals surface area (Å²) in [4.78, 5) is 19.6. The molecule has 0 fully saturated rings. The van der Waals surface area contributed by atoms with Gasteiger partial charge in [-0.1, -0.05) is 30.3 Å². The molecule has 2 aromatic carbocycles. The number of aromatic nitrogens is 2. The highest BCUT2D eigenvalue weighted by atomic mass is 16.5. The van der Waals surface area contributed by atoms with Gasteiger partial charge in [0.25, 0.3) is 5.91 Å². The number of nitrogens with one attached hydrogen (secondary N) is 1. The third-order valence-corrected chi connectivity index (χ3v) is 3.42.